The summed E-state index contributed by atoms with van der Waals surface area (Å²) in [6, 6.07) is 0. The van der Waals surface area contributed by atoms with Crippen molar-refractivity contribution in [2.45, 2.75) is 52.4 Å². The SMILES string of the molecule is CCC(=O)C(=O)OCCCOCCCCOCCCOC(=O)C(=O)CC. The Kier molecular flexibility index (Phi) is 15.5. The van der Waals surface area contributed by atoms with Gasteiger partial charge in [0, 0.05) is 52.1 Å². The summed E-state index contributed by atoms with van der Waals surface area (Å²) < 4.78 is 20.3. The highest BCUT2D eigenvalue weighted by atomic mass is 16.5. The third-order valence-corrected chi connectivity index (χ3v) is 3.26. The number of unbranched alkanes of at least 4 members (excludes halogenated alkanes) is 1. The van der Waals surface area contributed by atoms with Gasteiger partial charge in [-0.25, -0.2) is 9.59 Å². The molecule has 0 N–H and O–H groups in total. The van der Waals surface area contributed by atoms with Crippen LogP contribution in [0, 0.1) is 0 Å². The van der Waals surface area contributed by atoms with Crippen LogP contribution in [0.4, 0.5) is 0 Å². The van der Waals surface area contributed by atoms with Crippen LogP contribution in [0.3, 0.4) is 0 Å². The van der Waals surface area contributed by atoms with E-state index in [-0.39, 0.29) is 26.1 Å². The van der Waals surface area contributed by atoms with Crippen LogP contribution in [0.25, 0.3) is 0 Å². The summed E-state index contributed by atoms with van der Waals surface area (Å²) in [4.78, 5) is 44.1. The van der Waals surface area contributed by atoms with E-state index in [0.29, 0.717) is 39.3 Å². The lowest BCUT2D eigenvalue weighted by molar-refractivity contribution is -0.154. The third kappa shape index (κ3) is 13.5. The molecule has 0 unspecified atom stereocenters. The van der Waals surface area contributed by atoms with Gasteiger partial charge in [0.15, 0.2) is 0 Å². The molecule has 0 saturated carbocycles. The average Bonchev–Trinajstić information content (AvgIpc) is 2.66. The number of esters is 2. The summed E-state index contributed by atoms with van der Waals surface area (Å²) in [5.74, 6) is -2.59. The normalized spacial score (nSPS) is 10.4. The molecule has 0 heterocycles. The summed E-state index contributed by atoms with van der Waals surface area (Å²) >= 11 is 0. The molecule has 0 aliphatic rings. The van der Waals surface area contributed by atoms with E-state index in [1.807, 2.05) is 0 Å². The van der Waals surface area contributed by atoms with Crippen molar-refractivity contribution in [3.8, 4) is 0 Å². The number of hydrogen-bond acceptors (Lipinski definition) is 8. The Morgan fingerprint density at radius 2 is 0.885 bits per heavy atom. The lowest BCUT2D eigenvalue weighted by Gasteiger charge is -2.06. The van der Waals surface area contributed by atoms with Gasteiger partial charge < -0.3 is 18.9 Å². The second kappa shape index (κ2) is 16.7. The van der Waals surface area contributed by atoms with Crippen molar-refractivity contribution in [1.29, 1.82) is 0 Å². The fourth-order valence-electron chi connectivity index (χ4n) is 1.71. The topological polar surface area (TPSA) is 105 Å². The van der Waals surface area contributed by atoms with E-state index in [1.165, 1.54) is 0 Å². The van der Waals surface area contributed by atoms with Gasteiger partial charge in [-0.2, -0.15) is 0 Å². The van der Waals surface area contributed by atoms with Crippen LogP contribution < -0.4 is 0 Å². The Labute approximate surface area is 154 Å². The van der Waals surface area contributed by atoms with Gasteiger partial charge in [-0.3, -0.25) is 9.59 Å². The van der Waals surface area contributed by atoms with Crippen molar-refractivity contribution in [3.05, 3.63) is 0 Å². The van der Waals surface area contributed by atoms with Gasteiger partial charge >= 0.3 is 11.9 Å². The van der Waals surface area contributed by atoms with Crippen LogP contribution in [-0.2, 0) is 38.1 Å². The Balaban J connectivity index is 3.25. The Morgan fingerprint density at radius 1 is 0.538 bits per heavy atom. The molecule has 0 rings (SSSR count). The molecule has 0 aliphatic carbocycles. The van der Waals surface area contributed by atoms with Crippen molar-refractivity contribution in [3.63, 3.8) is 0 Å². The van der Waals surface area contributed by atoms with E-state index in [2.05, 4.69) is 0 Å². The fraction of sp³-hybridized carbons (Fsp3) is 0.778. The summed E-state index contributed by atoms with van der Waals surface area (Å²) in [7, 11) is 0. The maximum atomic E-state index is 11.1. The molecule has 8 heteroatoms. The molecule has 0 fully saturated rings. The molecular weight excluding hydrogens is 344 g/mol. The Hall–Kier alpha value is -1.80. The predicted molar refractivity (Wildman–Crippen MR) is 92.6 cm³/mol. The molecule has 0 amide bonds. The van der Waals surface area contributed by atoms with Gasteiger partial charge in [0.1, 0.15) is 0 Å². The number of ether oxygens (including phenoxy) is 4. The molecule has 0 saturated heterocycles. The number of hydrogen-bond donors (Lipinski definition) is 0. The maximum absolute atomic E-state index is 11.1. The van der Waals surface area contributed by atoms with Crippen molar-refractivity contribution >= 4 is 23.5 Å². The van der Waals surface area contributed by atoms with Gasteiger partial charge in [-0.05, 0) is 12.8 Å². The number of carbonyl (C=O) groups is 4. The summed E-state index contributed by atoms with van der Waals surface area (Å²) in [5, 5.41) is 0. The molecule has 0 spiro atoms. The monoisotopic (exact) mass is 374 g/mol. The van der Waals surface area contributed by atoms with E-state index < -0.39 is 23.5 Å². The molecule has 0 aliphatic heterocycles. The van der Waals surface area contributed by atoms with Crippen molar-refractivity contribution in [1.82, 2.24) is 0 Å². The number of ketones is 2. The molecule has 26 heavy (non-hydrogen) atoms. The highest BCUT2D eigenvalue weighted by Crippen LogP contribution is 1.96. The smallest absolute Gasteiger partial charge is 0.374 e. The number of carbonyl (C=O) groups excluding carboxylic acids is 4. The zero-order valence-electron chi connectivity index (χ0n) is 15.8. The highest BCUT2D eigenvalue weighted by Gasteiger charge is 2.12. The minimum Gasteiger partial charge on any atom is -0.460 e. The first kappa shape index (κ1) is 24.2. The third-order valence-electron chi connectivity index (χ3n) is 3.26. The van der Waals surface area contributed by atoms with Crippen LogP contribution in [0.5, 0.6) is 0 Å². The number of Topliss-reactive ketones (excluding diaryl/α,β-unsaturated/α-hetero) is 2. The largest absolute Gasteiger partial charge is 0.460 e. The zero-order chi connectivity index (χ0) is 19.6. The first-order valence-corrected chi connectivity index (χ1v) is 9.08. The quantitative estimate of drug-likeness (QED) is 0.215. The Bertz CT molecular complexity index is 393. The second-order valence-corrected chi connectivity index (χ2v) is 5.46. The average molecular weight is 374 g/mol. The minimum atomic E-state index is -0.781. The molecular formula is C18H30O8. The molecule has 0 bridgehead atoms. The van der Waals surface area contributed by atoms with Gasteiger partial charge in [-0.15, -0.1) is 0 Å². The van der Waals surface area contributed by atoms with Crippen molar-refractivity contribution in [2.75, 3.05) is 39.6 Å². The first-order chi connectivity index (χ1) is 12.5. The van der Waals surface area contributed by atoms with Crippen LogP contribution in [0.15, 0.2) is 0 Å². The molecule has 0 atom stereocenters. The molecule has 150 valence electrons. The van der Waals surface area contributed by atoms with Crippen LogP contribution in [-0.4, -0.2) is 63.1 Å². The molecule has 0 aromatic heterocycles. The number of rotatable bonds is 17. The highest BCUT2D eigenvalue weighted by molar-refractivity contribution is 6.33. The van der Waals surface area contributed by atoms with Gasteiger partial charge in [-0.1, -0.05) is 13.8 Å². The molecule has 0 aromatic rings. The van der Waals surface area contributed by atoms with E-state index in [1.54, 1.807) is 13.8 Å². The van der Waals surface area contributed by atoms with Gasteiger partial charge in [0.05, 0.1) is 13.2 Å². The van der Waals surface area contributed by atoms with Crippen LogP contribution >= 0.6 is 0 Å². The maximum Gasteiger partial charge on any atom is 0.374 e. The van der Waals surface area contributed by atoms with E-state index in [9.17, 15) is 19.2 Å². The summed E-state index contributed by atoms with van der Waals surface area (Å²) in [6.45, 7) is 5.70. The van der Waals surface area contributed by atoms with Crippen molar-refractivity contribution < 1.29 is 38.1 Å². The molecule has 0 radical (unpaired) electrons. The molecule has 8 nitrogen and oxygen atoms in total. The summed E-state index contributed by atoms with van der Waals surface area (Å²) in [6.07, 6.45) is 3.10. The predicted octanol–water partition coefficient (Wildman–Crippen LogP) is 1.62. The van der Waals surface area contributed by atoms with E-state index in [0.717, 1.165) is 12.8 Å². The lowest BCUT2D eigenvalue weighted by Crippen LogP contribution is -2.17. The van der Waals surface area contributed by atoms with Gasteiger partial charge in [0.25, 0.3) is 0 Å². The van der Waals surface area contributed by atoms with Gasteiger partial charge in [0.2, 0.25) is 11.6 Å². The van der Waals surface area contributed by atoms with E-state index in [4.69, 9.17) is 18.9 Å². The lowest BCUT2D eigenvalue weighted by atomic mass is 10.3. The minimum absolute atomic E-state index is 0.154. The van der Waals surface area contributed by atoms with Crippen molar-refractivity contribution in [2.24, 2.45) is 0 Å². The van der Waals surface area contributed by atoms with Crippen LogP contribution in [0.2, 0.25) is 0 Å². The molecule has 0 aromatic carbocycles. The zero-order valence-corrected chi connectivity index (χ0v) is 15.8. The van der Waals surface area contributed by atoms with E-state index >= 15 is 0 Å². The standard InChI is InChI=1S/C18H30O8/c1-3-15(19)17(21)25-13-7-11-23-9-5-6-10-24-12-8-14-26-18(22)16(20)4-2/h3-14H2,1-2H3. The fourth-order valence-corrected chi connectivity index (χ4v) is 1.71. The second-order valence-electron chi connectivity index (χ2n) is 5.46. The Morgan fingerprint density at radius 3 is 1.23 bits per heavy atom. The van der Waals surface area contributed by atoms with Crippen LogP contribution in [0.1, 0.15) is 52.4 Å². The summed E-state index contributed by atoms with van der Waals surface area (Å²) in [5.41, 5.74) is 0. The first-order valence-electron chi connectivity index (χ1n) is 9.08.